The summed E-state index contributed by atoms with van der Waals surface area (Å²) < 4.78 is 11.9. The maximum atomic E-state index is 5.43. The van der Waals surface area contributed by atoms with Crippen molar-refractivity contribution in [1.82, 2.24) is 15.2 Å². The van der Waals surface area contributed by atoms with Gasteiger partial charge in [-0.25, -0.2) is 4.98 Å². The van der Waals surface area contributed by atoms with Gasteiger partial charge in [0.25, 0.3) is 0 Å². The van der Waals surface area contributed by atoms with Gasteiger partial charge >= 0.3 is 0 Å². The molecule has 156 valence electrons. The van der Waals surface area contributed by atoms with Crippen LogP contribution in [0.25, 0.3) is 0 Å². The number of hydrogen-bond acceptors (Lipinski definition) is 6. The van der Waals surface area contributed by atoms with Gasteiger partial charge in [-0.2, -0.15) is 0 Å². The first-order valence-electron chi connectivity index (χ1n) is 8.74. The number of nitrogens with zero attached hydrogens (tertiary/aromatic N) is 3. The molecular weight excluding hydrogens is 507 g/mol. The first kappa shape index (κ1) is 24.8. The summed E-state index contributed by atoms with van der Waals surface area (Å²) in [6.45, 7) is 3.69. The van der Waals surface area contributed by atoms with Crippen molar-refractivity contribution >= 4 is 53.0 Å². The summed E-state index contributed by atoms with van der Waals surface area (Å²) in [6.07, 6.45) is 2.89. The van der Waals surface area contributed by atoms with E-state index in [4.69, 9.17) is 9.47 Å². The number of hydrogen-bond donors (Lipinski definition) is 1. The average molecular weight is 537 g/mol. The number of nitrogens with one attached hydrogen (secondary N) is 1. The van der Waals surface area contributed by atoms with Gasteiger partial charge in [-0.15, -0.1) is 35.3 Å². The lowest BCUT2D eigenvalue weighted by molar-refractivity contribution is 0.353. The molecule has 0 atom stereocenters. The number of aromatic nitrogens is 1. The van der Waals surface area contributed by atoms with Gasteiger partial charge < -0.3 is 19.7 Å². The van der Waals surface area contributed by atoms with Crippen molar-refractivity contribution in [2.75, 3.05) is 40.6 Å². The largest absolute Gasteiger partial charge is 0.493 e. The zero-order valence-electron chi connectivity index (χ0n) is 17.0. The third kappa shape index (κ3) is 7.32. The minimum Gasteiger partial charge on any atom is -0.493 e. The highest BCUT2D eigenvalue weighted by atomic mass is 127. The third-order valence-electron chi connectivity index (χ3n) is 4.06. The summed E-state index contributed by atoms with van der Waals surface area (Å²) in [5.74, 6) is 3.41. The number of aliphatic imine (C=N–C) groups is 1. The number of halogens is 1. The van der Waals surface area contributed by atoms with Crippen LogP contribution in [0.3, 0.4) is 0 Å². The Morgan fingerprint density at radius 1 is 1.29 bits per heavy atom. The molecule has 0 aliphatic rings. The molecule has 0 amide bonds. The fourth-order valence-corrected chi connectivity index (χ4v) is 4.27. The van der Waals surface area contributed by atoms with E-state index in [0.717, 1.165) is 52.6 Å². The van der Waals surface area contributed by atoms with E-state index in [1.165, 1.54) is 5.56 Å². The molecule has 0 unspecified atom stereocenters. The monoisotopic (exact) mass is 536 g/mol. The van der Waals surface area contributed by atoms with Gasteiger partial charge in [-0.3, -0.25) is 4.99 Å². The van der Waals surface area contributed by atoms with E-state index in [2.05, 4.69) is 27.1 Å². The fraction of sp³-hybridized carbons (Fsp3) is 0.474. The molecule has 0 spiro atoms. The second-order valence-corrected chi connectivity index (χ2v) is 8.20. The zero-order chi connectivity index (χ0) is 19.6. The van der Waals surface area contributed by atoms with Crippen molar-refractivity contribution in [2.45, 2.75) is 24.2 Å². The van der Waals surface area contributed by atoms with E-state index in [1.807, 2.05) is 37.8 Å². The van der Waals surface area contributed by atoms with E-state index in [0.29, 0.717) is 0 Å². The number of rotatable bonds is 9. The number of ether oxygens (including phenoxy) is 2. The fourth-order valence-electron chi connectivity index (χ4n) is 2.62. The topological polar surface area (TPSA) is 59.0 Å². The summed E-state index contributed by atoms with van der Waals surface area (Å²) in [5.41, 5.74) is 2.34. The van der Waals surface area contributed by atoms with Crippen molar-refractivity contribution in [3.63, 3.8) is 0 Å². The Kier molecular flexibility index (Phi) is 11.6. The van der Waals surface area contributed by atoms with Crippen LogP contribution < -0.4 is 14.8 Å². The van der Waals surface area contributed by atoms with Crippen LogP contribution in [0.1, 0.15) is 17.5 Å². The molecule has 2 aromatic rings. The molecule has 1 aromatic carbocycles. The summed E-state index contributed by atoms with van der Waals surface area (Å²) in [5, 5.41) is 5.44. The van der Waals surface area contributed by atoms with Gasteiger partial charge in [0, 0.05) is 44.5 Å². The van der Waals surface area contributed by atoms with Gasteiger partial charge in [0.05, 0.1) is 14.2 Å². The molecule has 0 radical (unpaired) electrons. The molecule has 1 heterocycles. The zero-order valence-corrected chi connectivity index (χ0v) is 21.0. The number of guanidine groups is 1. The molecule has 0 aliphatic carbocycles. The predicted octanol–water partition coefficient (Wildman–Crippen LogP) is 4.28. The van der Waals surface area contributed by atoms with Crippen LogP contribution in [0.4, 0.5) is 0 Å². The maximum Gasteiger partial charge on any atom is 0.193 e. The van der Waals surface area contributed by atoms with Gasteiger partial charge in [0.1, 0.15) is 4.34 Å². The molecule has 1 N–H and O–H groups in total. The Balaban J connectivity index is 0.00000392. The summed E-state index contributed by atoms with van der Waals surface area (Å²) >= 11 is 3.48. The highest BCUT2D eigenvalue weighted by Gasteiger charge is 2.12. The average Bonchev–Trinajstić information content (AvgIpc) is 3.19. The van der Waals surface area contributed by atoms with Crippen LogP contribution >= 0.6 is 47.1 Å². The number of thiazole rings is 1. The van der Waals surface area contributed by atoms with Crippen molar-refractivity contribution < 1.29 is 9.47 Å². The molecule has 0 fully saturated rings. The van der Waals surface area contributed by atoms with Crippen molar-refractivity contribution in [3.05, 3.63) is 34.8 Å². The van der Waals surface area contributed by atoms with Gasteiger partial charge in [0.2, 0.25) is 0 Å². The van der Waals surface area contributed by atoms with E-state index in [9.17, 15) is 0 Å². The van der Waals surface area contributed by atoms with Crippen LogP contribution in [0.5, 0.6) is 11.5 Å². The van der Waals surface area contributed by atoms with Gasteiger partial charge in [-0.1, -0.05) is 11.8 Å². The Bertz CT molecular complexity index is 742. The lowest BCUT2D eigenvalue weighted by Crippen LogP contribution is -2.39. The molecule has 0 saturated carbocycles. The molecule has 0 bridgehead atoms. The predicted molar refractivity (Wildman–Crippen MR) is 130 cm³/mol. The number of benzene rings is 1. The minimum atomic E-state index is 0. The first-order chi connectivity index (χ1) is 13.1. The number of thioether (sulfide) groups is 1. The Morgan fingerprint density at radius 2 is 2.00 bits per heavy atom. The van der Waals surface area contributed by atoms with E-state index >= 15 is 0 Å². The number of methoxy groups -OCH3 is 2. The highest BCUT2D eigenvalue weighted by Crippen LogP contribution is 2.30. The molecule has 1 aromatic heterocycles. The lowest BCUT2D eigenvalue weighted by Gasteiger charge is -2.23. The molecule has 28 heavy (non-hydrogen) atoms. The Labute approximate surface area is 193 Å². The Morgan fingerprint density at radius 3 is 2.61 bits per heavy atom. The molecule has 0 aliphatic heterocycles. The molecule has 0 saturated heterocycles. The molecule has 9 heteroatoms. The standard InChI is InChI=1S/C19H28N4O2S2.HI/c1-14-11-16(24-4)17(25-5)12-15(14)13-23(3)18(20-2)21-7-6-9-26-19-22-8-10-27-19;/h8,10-12H,6-7,9,13H2,1-5H3,(H,20,21);1H. The van der Waals surface area contributed by atoms with Crippen molar-refractivity contribution in [3.8, 4) is 11.5 Å². The van der Waals surface area contributed by atoms with Gasteiger partial charge in [0.15, 0.2) is 17.5 Å². The summed E-state index contributed by atoms with van der Waals surface area (Å²) in [6, 6.07) is 4.04. The van der Waals surface area contributed by atoms with E-state index < -0.39 is 0 Å². The third-order valence-corrected chi connectivity index (χ3v) is 6.11. The van der Waals surface area contributed by atoms with E-state index in [1.54, 1.807) is 37.3 Å². The molecule has 6 nitrogen and oxygen atoms in total. The van der Waals surface area contributed by atoms with Crippen LogP contribution in [-0.2, 0) is 6.54 Å². The first-order valence-corrected chi connectivity index (χ1v) is 10.6. The molecular formula is C19H29IN4O2S2. The minimum absolute atomic E-state index is 0. The SMILES string of the molecule is CN=C(NCCCSc1nccs1)N(C)Cc1cc(OC)c(OC)cc1C.I. The van der Waals surface area contributed by atoms with E-state index in [-0.39, 0.29) is 24.0 Å². The normalized spacial score (nSPS) is 11.0. The summed E-state index contributed by atoms with van der Waals surface area (Å²) in [4.78, 5) is 10.8. The Hall–Kier alpha value is -1.20. The lowest BCUT2D eigenvalue weighted by atomic mass is 10.1. The smallest absolute Gasteiger partial charge is 0.193 e. The van der Waals surface area contributed by atoms with Crippen LogP contribution in [0.2, 0.25) is 0 Å². The van der Waals surface area contributed by atoms with Gasteiger partial charge in [-0.05, 0) is 36.6 Å². The van der Waals surface area contributed by atoms with Crippen molar-refractivity contribution in [1.29, 1.82) is 0 Å². The maximum absolute atomic E-state index is 5.43. The van der Waals surface area contributed by atoms with Crippen LogP contribution in [0, 0.1) is 6.92 Å². The highest BCUT2D eigenvalue weighted by molar-refractivity contribution is 14.0. The second kappa shape index (κ2) is 13.1. The van der Waals surface area contributed by atoms with Crippen LogP contribution in [-0.4, -0.2) is 56.5 Å². The van der Waals surface area contributed by atoms with Crippen molar-refractivity contribution in [2.24, 2.45) is 4.99 Å². The van der Waals surface area contributed by atoms with Crippen LogP contribution in [0.15, 0.2) is 33.0 Å². The summed E-state index contributed by atoms with van der Waals surface area (Å²) in [7, 11) is 7.16. The number of aryl methyl sites for hydroxylation is 1. The second-order valence-electron chi connectivity index (χ2n) is 5.96. The molecule has 2 rings (SSSR count). The quantitative estimate of drug-likeness (QED) is 0.170.